The lowest BCUT2D eigenvalue weighted by atomic mass is 10.1. The van der Waals surface area contributed by atoms with Crippen LogP contribution < -0.4 is 5.32 Å². The molecule has 78 valence electrons. The van der Waals surface area contributed by atoms with Crippen LogP contribution in [0.5, 0.6) is 0 Å². The Kier molecular flexibility index (Phi) is 4.16. The Morgan fingerprint density at radius 2 is 2.23 bits per heavy atom. The van der Waals surface area contributed by atoms with Crippen molar-refractivity contribution in [3.63, 3.8) is 0 Å². The molecule has 1 aliphatic carbocycles. The summed E-state index contributed by atoms with van der Waals surface area (Å²) in [6.45, 7) is 3.51. The van der Waals surface area contributed by atoms with E-state index in [1.165, 1.54) is 19.3 Å². The molecule has 0 spiro atoms. The SMILES string of the molecule is CNC(C)(CO)COCCC1CC1. The van der Waals surface area contributed by atoms with Crippen molar-refractivity contribution in [1.29, 1.82) is 0 Å². The predicted octanol–water partition coefficient (Wildman–Crippen LogP) is 0.773. The first-order valence-electron chi connectivity index (χ1n) is 5.08. The largest absolute Gasteiger partial charge is 0.394 e. The molecule has 0 bridgehead atoms. The highest BCUT2D eigenvalue weighted by molar-refractivity contribution is 4.80. The Labute approximate surface area is 80.5 Å². The zero-order valence-corrected chi connectivity index (χ0v) is 8.68. The lowest BCUT2D eigenvalue weighted by Gasteiger charge is -2.26. The molecule has 13 heavy (non-hydrogen) atoms. The van der Waals surface area contributed by atoms with Crippen molar-refractivity contribution < 1.29 is 9.84 Å². The van der Waals surface area contributed by atoms with Crippen LogP contribution in [0.2, 0.25) is 0 Å². The maximum atomic E-state index is 9.06. The molecule has 0 saturated heterocycles. The van der Waals surface area contributed by atoms with E-state index in [2.05, 4.69) is 5.32 Å². The Balaban J connectivity index is 2.01. The highest BCUT2D eigenvalue weighted by Gasteiger charge is 2.23. The Bertz CT molecular complexity index is 142. The Hall–Kier alpha value is -0.120. The van der Waals surface area contributed by atoms with Crippen molar-refractivity contribution in [3.05, 3.63) is 0 Å². The second-order valence-corrected chi connectivity index (χ2v) is 4.25. The highest BCUT2D eigenvalue weighted by atomic mass is 16.5. The van der Waals surface area contributed by atoms with Gasteiger partial charge in [-0.15, -0.1) is 0 Å². The average molecular weight is 187 g/mol. The van der Waals surface area contributed by atoms with Gasteiger partial charge < -0.3 is 15.2 Å². The number of ether oxygens (including phenoxy) is 1. The summed E-state index contributed by atoms with van der Waals surface area (Å²) >= 11 is 0. The molecule has 0 aromatic heterocycles. The fraction of sp³-hybridized carbons (Fsp3) is 1.00. The summed E-state index contributed by atoms with van der Waals surface area (Å²) in [6.07, 6.45) is 3.95. The first-order chi connectivity index (χ1) is 6.20. The van der Waals surface area contributed by atoms with Crippen LogP contribution >= 0.6 is 0 Å². The van der Waals surface area contributed by atoms with Crippen molar-refractivity contribution in [2.24, 2.45) is 5.92 Å². The molecule has 3 nitrogen and oxygen atoms in total. The van der Waals surface area contributed by atoms with Gasteiger partial charge in [-0.25, -0.2) is 0 Å². The van der Waals surface area contributed by atoms with Gasteiger partial charge in [0.15, 0.2) is 0 Å². The standard InChI is InChI=1S/C10H21NO2/c1-10(7-12,11-2)8-13-6-5-9-3-4-9/h9,11-12H,3-8H2,1-2H3. The van der Waals surface area contributed by atoms with Crippen molar-refractivity contribution in [2.45, 2.75) is 31.7 Å². The Morgan fingerprint density at radius 1 is 1.54 bits per heavy atom. The van der Waals surface area contributed by atoms with Crippen LogP contribution in [0.4, 0.5) is 0 Å². The number of likely N-dealkylation sites (N-methyl/N-ethyl adjacent to an activating group) is 1. The molecule has 0 amide bonds. The molecular weight excluding hydrogens is 166 g/mol. The van der Waals surface area contributed by atoms with E-state index in [0.29, 0.717) is 6.61 Å². The first kappa shape index (κ1) is 11.0. The molecule has 1 unspecified atom stereocenters. The number of aliphatic hydroxyl groups is 1. The molecule has 1 aliphatic rings. The van der Waals surface area contributed by atoms with Gasteiger partial charge in [0.25, 0.3) is 0 Å². The highest BCUT2D eigenvalue weighted by Crippen LogP contribution is 2.32. The predicted molar refractivity (Wildman–Crippen MR) is 52.7 cm³/mol. The third-order valence-electron chi connectivity index (χ3n) is 2.74. The minimum atomic E-state index is -0.274. The summed E-state index contributed by atoms with van der Waals surface area (Å²) in [5, 5.41) is 12.1. The van der Waals surface area contributed by atoms with Crippen LogP contribution in [0.15, 0.2) is 0 Å². The van der Waals surface area contributed by atoms with E-state index in [1.54, 1.807) is 0 Å². The molecule has 0 heterocycles. The van der Waals surface area contributed by atoms with E-state index < -0.39 is 0 Å². The molecule has 1 fully saturated rings. The molecule has 0 radical (unpaired) electrons. The third-order valence-corrected chi connectivity index (χ3v) is 2.74. The van der Waals surface area contributed by atoms with Gasteiger partial charge in [-0.1, -0.05) is 12.8 Å². The van der Waals surface area contributed by atoms with Gasteiger partial charge in [0.05, 0.1) is 18.8 Å². The maximum absolute atomic E-state index is 9.06. The van der Waals surface area contributed by atoms with Gasteiger partial charge in [0.1, 0.15) is 0 Å². The van der Waals surface area contributed by atoms with E-state index in [4.69, 9.17) is 9.84 Å². The number of rotatable bonds is 7. The van der Waals surface area contributed by atoms with Crippen LogP contribution in [0.3, 0.4) is 0 Å². The zero-order valence-electron chi connectivity index (χ0n) is 8.68. The summed E-state index contributed by atoms with van der Waals surface area (Å²) in [4.78, 5) is 0. The van der Waals surface area contributed by atoms with Crippen molar-refractivity contribution in [3.8, 4) is 0 Å². The molecule has 2 N–H and O–H groups in total. The second-order valence-electron chi connectivity index (χ2n) is 4.25. The average Bonchev–Trinajstić information content (AvgIpc) is 2.96. The summed E-state index contributed by atoms with van der Waals surface area (Å²) < 4.78 is 5.51. The van der Waals surface area contributed by atoms with E-state index in [0.717, 1.165) is 12.5 Å². The maximum Gasteiger partial charge on any atom is 0.0667 e. The minimum Gasteiger partial charge on any atom is -0.394 e. The molecule has 0 aliphatic heterocycles. The fourth-order valence-corrected chi connectivity index (χ4v) is 1.15. The second kappa shape index (κ2) is 4.94. The number of hydrogen-bond donors (Lipinski definition) is 2. The number of aliphatic hydroxyl groups excluding tert-OH is 1. The smallest absolute Gasteiger partial charge is 0.0667 e. The quantitative estimate of drug-likeness (QED) is 0.579. The first-order valence-corrected chi connectivity index (χ1v) is 5.08. The summed E-state index contributed by atoms with van der Waals surface area (Å²) in [7, 11) is 1.85. The molecule has 0 aromatic carbocycles. The van der Waals surface area contributed by atoms with Crippen LogP contribution in [-0.2, 0) is 4.74 Å². The summed E-state index contributed by atoms with van der Waals surface area (Å²) in [5.74, 6) is 0.926. The number of hydrogen-bond acceptors (Lipinski definition) is 3. The third kappa shape index (κ3) is 4.07. The van der Waals surface area contributed by atoms with Crippen LogP contribution in [0.1, 0.15) is 26.2 Å². The summed E-state index contributed by atoms with van der Waals surface area (Å²) in [6, 6.07) is 0. The van der Waals surface area contributed by atoms with Crippen LogP contribution in [0, 0.1) is 5.92 Å². The van der Waals surface area contributed by atoms with Crippen LogP contribution in [0.25, 0.3) is 0 Å². The monoisotopic (exact) mass is 187 g/mol. The summed E-state index contributed by atoms with van der Waals surface area (Å²) in [5.41, 5.74) is -0.274. The van der Waals surface area contributed by atoms with Gasteiger partial charge in [-0.2, -0.15) is 0 Å². The molecule has 1 atom stereocenters. The normalized spacial score (nSPS) is 21.5. The van der Waals surface area contributed by atoms with Gasteiger partial charge >= 0.3 is 0 Å². The van der Waals surface area contributed by atoms with E-state index in [-0.39, 0.29) is 12.1 Å². The van der Waals surface area contributed by atoms with Crippen molar-refractivity contribution in [2.75, 3.05) is 26.9 Å². The fourth-order valence-electron chi connectivity index (χ4n) is 1.15. The van der Waals surface area contributed by atoms with Gasteiger partial charge in [0, 0.05) is 6.61 Å². The lowest BCUT2D eigenvalue weighted by molar-refractivity contribution is 0.0456. The van der Waals surface area contributed by atoms with Gasteiger partial charge in [-0.05, 0) is 26.3 Å². The van der Waals surface area contributed by atoms with Gasteiger partial charge in [0.2, 0.25) is 0 Å². The van der Waals surface area contributed by atoms with Gasteiger partial charge in [-0.3, -0.25) is 0 Å². The van der Waals surface area contributed by atoms with Crippen molar-refractivity contribution >= 4 is 0 Å². The molecule has 3 heteroatoms. The molecule has 0 aromatic rings. The lowest BCUT2D eigenvalue weighted by Crippen LogP contribution is -2.47. The molecule has 1 saturated carbocycles. The van der Waals surface area contributed by atoms with E-state index >= 15 is 0 Å². The number of nitrogens with one attached hydrogen (secondary N) is 1. The minimum absolute atomic E-state index is 0.118. The Morgan fingerprint density at radius 3 is 2.69 bits per heavy atom. The topological polar surface area (TPSA) is 41.5 Å². The van der Waals surface area contributed by atoms with Crippen LogP contribution in [-0.4, -0.2) is 37.5 Å². The van der Waals surface area contributed by atoms with Crippen molar-refractivity contribution in [1.82, 2.24) is 5.32 Å². The van der Waals surface area contributed by atoms with E-state index in [1.807, 2.05) is 14.0 Å². The molecular formula is C10H21NO2. The zero-order chi connectivity index (χ0) is 9.73. The molecule has 1 rings (SSSR count). The van der Waals surface area contributed by atoms with E-state index in [9.17, 15) is 0 Å².